The molecular weight excluding hydrogens is 320 g/mol. The smallest absolute Gasteiger partial charge is 0.165 e. The normalized spacial score (nSPS) is 11.8. The quantitative estimate of drug-likeness (QED) is 0.449. The molecule has 0 bridgehead atoms. The van der Waals surface area contributed by atoms with E-state index in [-0.39, 0.29) is 0 Å². The summed E-state index contributed by atoms with van der Waals surface area (Å²) in [6.45, 7) is 0. The molecule has 6 aromatic rings. The third-order valence-electron chi connectivity index (χ3n) is 5.05. The highest BCUT2D eigenvalue weighted by molar-refractivity contribution is 6.22. The van der Waals surface area contributed by atoms with Crippen LogP contribution in [-0.4, -0.2) is 19.7 Å². The van der Waals surface area contributed by atoms with Crippen LogP contribution in [0.5, 0.6) is 0 Å². The second-order valence-electron chi connectivity index (χ2n) is 6.47. The van der Waals surface area contributed by atoms with Crippen molar-refractivity contribution in [3.8, 4) is 5.69 Å². The molecule has 0 saturated carbocycles. The molecule has 0 radical (unpaired) electrons. The van der Waals surface area contributed by atoms with E-state index < -0.39 is 0 Å². The summed E-state index contributed by atoms with van der Waals surface area (Å²) < 4.78 is 2.20. The van der Waals surface area contributed by atoms with Crippen LogP contribution in [0.3, 0.4) is 0 Å². The minimum atomic E-state index is 0.910. The van der Waals surface area contributed by atoms with Gasteiger partial charge in [-0.1, -0.05) is 48.5 Å². The maximum atomic E-state index is 4.97. The molecule has 4 nitrogen and oxygen atoms in total. The standard InChI is InChI=1S/C22H14N4/c1-2-6-14(7-3-1)26-21-17(18-12-13-23-25-22(18)26)11-10-16-15-8-4-5-9-19(15)24-20(16)21/h1-13,23H. The fourth-order valence-corrected chi connectivity index (χ4v) is 3.94. The van der Waals surface area contributed by atoms with Gasteiger partial charge in [0.25, 0.3) is 0 Å². The zero-order valence-electron chi connectivity index (χ0n) is 13.8. The molecule has 0 atom stereocenters. The highest BCUT2D eigenvalue weighted by atomic mass is 15.2. The van der Waals surface area contributed by atoms with Gasteiger partial charge in [-0.05, 0) is 24.3 Å². The molecule has 0 spiro atoms. The molecule has 0 amide bonds. The van der Waals surface area contributed by atoms with E-state index in [9.17, 15) is 0 Å². The SMILES string of the molecule is c1ccc(-n2c3n[nH]ccc3c3ccc4c5ccccc5nc4c32)cc1. The van der Waals surface area contributed by atoms with Crippen LogP contribution in [0, 0.1) is 0 Å². The fourth-order valence-electron chi connectivity index (χ4n) is 3.94. The van der Waals surface area contributed by atoms with Crippen molar-refractivity contribution in [1.29, 1.82) is 0 Å². The third kappa shape index (κ3) is 1.68. The summed E-state index contributed by atoms with van der Waals surface area (Å²) in [7, 11) is 0. The van der Waals surface area contributed by atoms with Gasteiger partial charge in [-0.2, -0.15) is 5.10 Å². The van der Waals surface area contributed by atoms with Crippen LogP contribution in [0.1, 0.15) is 0 Å². The lowest BCUT2D eigenvalue weighted by molar-refractivity contribution is 1.02. The van der Waals surface area contributed by atoms with Crippen molar-refractivity contribution in [3.05, 3.63) is 79.0 Å². The minimum absolute atomic E-state index is 0.910. The van der Waals surface area contributed by atoms with E-state index in [1.165, 1.54) is 16.2 Å². The summed E-state index contributed by atoms with van der Waals surface area (Å²) in [5.74, 6) is 0. The maximum absolute atomic E-state index is 4.97. The van der Waals surface area contributed by atoms with Gasteiger partial charge in [0, 0.05) is 33.4 Å². The number of aromatic amines is 1. The topological polar surface area (TPSA) is 46.5 Å². The Labute approximate surface area is 148 Å². The van der Waals surface area contributed by atoms with Crippen LogP contribution in [0.4, 0.5) is 0 Å². The Bertz CT molecular complexity index is 1420. The van der Waals surface area contributed by atoms with Crippen molar-refractivity contribution in [2.75, 3.05) is 0 Å². The zero-order chi connectivity index (χ0) is 17.1. The predicted octanol–water partition coefficient (Wildman–Crippen LogP) is 5.21. The number of nitrogens with zero attached hydrogens (tertiary/aromatic N) is 3. The van der Waals surface area contributed by atoms with Gasteiger partial charge in [-0.3, -0.25) is 9.67 Å². The Kier molecular flexibility index (Phi) is 2.58. The van der Waals surface area contributed by atoms with Crippen LogP contribution in [0.15, 0.2) is 79.0 Å². The summed E-state index contributed by atoms with van der Waals surface area (Å²) >= 11 is 0. The van der Waals surface area contributed by atoms with Gasteiger partial charge < -0.3 is 0 Å². The monoisotopic (exact) mass is 334 g/mol. The lowest BCUT2D eigenvalue weighted by Crippen LogP contribution is -1.96. The summed E-state index contributed by atoms with van der Waals surface area (Å²) in [5, 5.41) is 12.2. The number of nitrogens with one attached hydrogen (secondary N) is 1. The largest absolute Gasteiger partial charge is 0.290 e. The molecule has 3 aromatic heterocycles. The van der Waals surface area contributed by atoms with Crippen LogP contribution in [0.25, 0.3) is 49.4 Å². The van der Waals surface area contributed by atoms with Gasteiger partial charge >= 0.3 is 0 Å². The molecule has 122 valence electrons. The van der Waals surface area contributed by atoms with Crippen LogP contribution in [0.2, 0.25) is 0 Å². The number of aromatic nitrogens is 4. The first-order valence-electron chi connectivity index (χ1n) is 8.62. The summed E-state index contributed by atoms with van der Waals surface area (Å²) in [4.78, 5) is 4.97. The van der Waals surface area contributed by atoms with E-state index in [1.54, 1.807) is 0 Å². The summed E-state index contributed by atoms with van der Waals surface area (Å²) in [6, 6.07) is 25.1. The number of benzene rings is 3. The van der Waals surface area contributed by atoms with Crippen molar-refractivity contribution >= 4 is 43.7 Å². The molecule has 0 unspecified atom stereocenters. The molecule has 0 fully saturated rings. The maximum Gasteiger partial charge on any atom is 0.165 e. The van der Waals surface area contributed by atoms with Crippen molar-refractivity contribution in [2.24, 2.45) is 0 Å². The molecule has 3 aromatic carbocycles. The Morgan fingerprint density at radius 2 is 1.50 bits per heavy atom. The summed E-state index contributed by atoms with van der Waals surface area (Å²) in [5.41, 5.74) is 5.14. The van der Waals surface area contributed by atoms with Gasteiger partial charge in [0.05, 0.1) is 16.6 Å². The first-order chi connectivity index (χ1) is 12.9. The Morgan fingerprint density at radius 3 is 2.42 bits per heavy atom. The molecule has 0 aliphatic rings. The molecule has 1 N–H and O–H groups in total. The molecule has 0 aliphatic carbocycles. The number of rotatable bonds is 1. The summed E-state index contributed by atoms with van der Waals surface area (Å²) in [6.07, 6.45) is 1.87. The highest BCUT2D eigenvalue weighted by Crippen LogP contribution is 2.37. The minimum Gasteiger partial charge on any atom is -0.290 e. The third-order valence-corrected chi connectivity index (χ3v) is 5.05. The van der Waals surface area contributed by atoms with E-state index in [4.69, 9.17) is 4.98 Å². The molecule has 6 rings (SSSR count). The molecule has 4 heteroatoms. The van der Waals surface area contributed by atoms with Gasteiger partial charge in [-0.15, -0.1) is 0 Å². The van der Waals surface area contributed by atoms with Gasteiger partial charge in [0.15, 0.2) is 5.65 Å². The molecule has 26 heavy (non-hydrogen) atoms. The number of H-pyrrole nitrogens is 1. The van der Waals surface area contributed by atoms with Crippen molar-refractivity contribution < 1.29 is 0 Å². The molecule has 3 heterocycles. The van der Waals surface area contributed by atoms with Crippen molar-refractivity contribution in [3.63, 3.8) is 0 Å². The van der Waals surface area contributed by atoms with Crippen molar-refractivity contribution in [1.82, 2.24) is 19.7 Å². The van der Waals surface area contributed by atoms with E-state index >= 15 is 0 Å². The van der Waals surface area contributed by atoms with Gasteiger partial charge in [0.2, 0.25) is 0 Å². The lowest BCUT2D eigenvalue weighted by atomic mass is 10.1. The second-order valence-corrected chi connectivity index (χ2v) is 6.47. The average Bonchev–Trinajstić information content (AvgIpc) is 3.24. The number of fused-ring (bicyclic) bond motifs is 7. The average molecular weight is 334 g/mol. The highest BCUT2D eigenvalue weighted by Gasteiger charge is 2.18. The number of para-hydroxylation sites is 2. The van der Waals surface area contributed by atoms with Crippen LogP contribution in [-0.2, 0) is 0 Å². The van der Waals surface area contributed by atoms with E-state index in [0.717, 1.165) is 33.3 Å². The van der Waals surface area contributed by atoms with Crippen LogP contribution >= 0.6 is 0 Å². The Hall–Kier alpha value is -3.66. The lowest BCUT2D eigenvalue weighted by Gasteiger charge is -2.06. The van der Waals surface area contributed by atoms with Crippen molar-refractivity contribution in [2.45, 2.75) is 0 Å². The first kappa shape index (κ1) is 13.6. The van der Waals surface area contributed by atoms with E-state index in [0.29, 0.717) is 0 Å². The predicted molar refractivity (Wildman–Crippen MR) is 106 cm³/mol. The number of hydrogen-bond acceptors (Lipinski definition) is 2. The second kappa shape index (κ2) is 4.92. The van der Waals surface area contributed by atoms with Crippen LogP contribution < -0.4 is 0 Å². The molecule has 0 saturated heterocycles. The van der Waals surface area contributed by atoms with Gasteiger partial charge in [-0.25, -0.2) is 4.98 Å². The first-order valence-corrected chi connectivity index (χ1v) is 8.62. The van der Waals surface area contributed by atoms with Gasteiger partial charge in [0.1, 0.15) is 0 Å². The molecular formula is C22H14N4. The zero-order valence-corrected chi connectivity index (χ0v) is 13.8. The molecule has 0 aliphatic heterocycles. The van der Waals surface area contributed by atoms with E-state index in [2.05, 4.69) is 75.4 Å². The Morgan fingerprint density at radius 1 is 0.692 bits per heavy atom. The number of hydrogen-bond donors (Lipinski definition) is 1. The fraction of sp³-hybridized carbons (Fsp3) is 0. The van der Waals surface area contributed by atoms with E-state index in [1.807, 2.05) is 18.3 Å². The Balaban J connectivity index is 1.92.